The van der Waals surface area contributed by atoms with Gasteiger partial charge in [0.05, 0.1) is 12.6 Å². The van der Waals surface area contributed by atoms with Crippen LogP contribution in [0.3, 0.4) is 0 Å². The molecule has 13 heteroatoms. The number of aliphatic carboxylic acids is 1. The number of para-hydroxylation sites is 1. The molecule has 0 saturated carbocycles. The van der Waals surface area contributed by atoms with E-state index in [2.05, 4.69) is 20.9 Å². The largest absolute Gasteiger partial charge is 0.480 e. The number of nitrogens with one attached hydrogen (secondary N) is 4. The first-order valence-corrected chi connectivity index (χ1v) is 15.1. The van der Waals surface area contributed by atoms with Crippen LogP contribution in [0.5, 0.6) is 0 Å². The van der Waals surface area contributed by atoms with Gasteiger partial charge in [0.1, 0.15) is 18.1 Å². The topological polar surface area (TPSA) is 187 Å². The molecule has 0 bridgehead atoms. The van der Waals surface area contributed by atoms with Crippen molar-refractivity contribution >= 4 is 52.3 Å². The molecule has 4 amide bonds. The summed E-state index contributed by atoms with van der Waals surface area (Å²) in [6.07, 6.45) is 5.17. The molecule has 12 nitrogen and oxygen atoms in total. The van der Waals surface area contributed by atoms with Crippen LogP contribution in [0.2, 0.25) is 0 Å². The highest BCUT2D eigenvalue weighted by Crippen LogP contribution is 2.20. The van der Waals surface area contributed by atoms with Crippen LogP contribution < -0.4 is 21.7 Å². The van der Waals surface area contributed by atoms with E-state index in [1.54, 1.807) is 31.8 Å². The molecule has 41 heavy (non-hydrogen) atoms. The maximum Gasteiger partial charge on any atom is 0.326 e. The molecule has 1 aliphatic rings. The van der Waals surface area contributed by atoms with Crippen LogP contribution >= 0.6 is 11.8 Å². The van der Waals surface area contributed by atoms with E-state index in [0.717, 1.165) is 16.5 Å². The number of carboxylic acid groups (broad SMARTS) is 1. The summed E-state index contributed by atoms with van der Waals surface area (Å²) in [5, 5.41) is 18.3. The number of aromatic amines is 1. The van der Waals surface area contributed by atoms with Gasteiger partial charge in [-0.2, -0.15) is 11.8 Å². The highest BCUT2D eigenvalue weighted by Gasteiger charge is 2.35. The monoisotopic (exact) mass is 588 g/mol. The highest BCUT2D eigenvalue weighted by atomic mass is 32.2. The fourth-order valence-corrected chi connectivity index (χ4v) is 5.36. The van der Waals surface area contributed by atoms with Crippen LogP contribution in [0.15, 0.2) is 30.5 Å². The summed E-state index contributed by atoms with van der Waals surface area (Å²) in [6, 6.07) is 3.83. The zero-order chi connectivity index (χ0) is 30.1. The lowest BCUT2D eigenvalue weighted by Gasteiger charge is -2.27. The predicted octanol–water partition coefficient (Wildman–Crippen LogP) is 0.608. The second-order valence-electron chi connectivity index (χ2n) is 10.5. The molecule has 2 heterocycles. The van der Waals surface area contributed by atoms with Crippen molar-refractivity contribution in [2.45, 2.75) is 63.7 Å². The van der Waals surface area contributed by atoms with E-state index in [0.29, 0.717) is 31.6 Å². The van der Waals surface area contributed by atoms with Gasteiger partial charge in [-0.3, -0.25) is 19.2 Å². The second kappa shape index (κ2) is 14.9. The van der Waals surface area contributed by atoms with Gasteiger partial charge in [-0.25, -0.2) is 4.79 Å². The van der Waals surface area contributed by atoms with E-state index in [-0.39, 0.29) is 12.3 Å². The van der Waals surface area contributed by atoms with Crippen LogP contribution in [-0.2, 0) is 30.4 Å². The van der Waals surface area contributed by atoms with Crippen molar-refractivity contribution in [3.8, 4) is 0 Å². The van der Waals surface area contributed by atoms with Gasteiger partial charge in [0.15, 0.2) is 0 Å². The number of nitrogens with two attached hydrogens (primary N) is 1. The maximum atomic E-state index is 13.4. The Labute approximate surface area is 243 Å². The molecule has 1 fully saturated rings. The summed E-state index contributed by atoms with van der Waals surface area (Å²) in [5.41, 5.74) is 7.64. The smallest absolute Gasteiger partial charge is 0.326 e. The van der Waals surface area contributed by atoms with Gasteiger partial charge in [-0.1, -0.05) is 32.0 Å². The van der Waals surface area contributed by atoms with Crippen molar-refractivity contribution in [1.29, 1.82) is 0 Å². The molecular weight excluding hydrogens is 548 g/mol. The minimum absolute atomic E-state index is 0.114. The third-order valence-corrected chi connectivity index (χ3v) is 7.86. The summed E-state index contributed by atoms with van der Waals surface area (Å²) in [5.74, 6) is -2.80. The molecule has 3 rings (SSSR count). The average Bonchev–Trinajstić information content (AvgIpc) is 3.60. The van der Waals surface area contributed by atoms with Crippen LogP contribution in [-0.4, -0.2) is 93.9 Å². The Balaban J connectivity index is 1.76. The Bertz CT molecular complexity index is 1250. The Hall–Kier alpha value is -3.58. The van der Waals surface area contributed by atoms with Crippen LogP contribution in [0, 0.1) is 5.92 Å². The lowest BCUT2D eigenvalue weighted by molar-refractivity contribution is -0.148. The first kappa shape index (κ1) is 31.9. The number of H-pyrrole nitrogens is 1. The van der Waals surface area contributed by atoms with Crippen LogP contribution in [0.25, 0.3) is 10.9 Å². The maximum absolute atomic E-state index is 13.4. The average molecular weight is 589 g/mol. The first-order chi connectivity index (χ1) is 19.5. The number of nitrogens with zero attached hydrogens (tertiary/aromatic N) is 1. The van der Waals surface area contributed by atoms with Crippen molar-refractivity contribution < 1.29 is 29.1 Å². The number of likely N-dealkylation sites (tertiary alicyclic amines) is 1. The zero-order valence-electron chi connectivity index (χ0n) is 23.6. The number of aromatic nitrogens is 1. The second-order valence-corrected chi connectivity index (χ2v) is 11.5. The van der Waals surface area contributed by atoms with E-state index in [4.69, 9.17) is 5.73 Å². The molecule has 0 unspecified atom stereocenters. The number of hydrogen-bond acceptors (Lipinski definition) is 7. The van der Waals surface area contributed by atoms with Gasteiger partial charge in [0.25, 0.3) is 0 Å². The van der Waals surface area contributed by atoms with Crippen molar-refractivity contribution in [2.24, 2.45) is 11.7 Å². The molecule has 1 saturated heterocycles. The van der Waals surface area contributed by atoms with Gasteiger partial charge in [0.2, 0.25) is 23.6 Å². The van der Waals surface area contributed by atoms with E-state index in [9.17, 15) is 29.1 Å². The number of benzene rings is 1. The molecule has 0 spiro atoms. The minimum Gasteiger partial charge on any atom is -0.480 e. The molecule has 1 aliphatic heterocycles. The van der Waals surface area contributed by atoms with Gasteiger partial charge >= 0.3 is 5.97 Å². The minimum atomic E-state index is -1.08. The summed E-state index contributed by atoms with van der Waals surface area (Å²) < 4.78 is 0. The Morgan fingerprint density at radius 2 is 1.85 bits per heavy atom. The molecular formula is C28H40N6O6S. The third-order valence-electron chi connectivity index (χ3n) is 7.22. The number of thioether (sulfide) groups is 1. The number of carboxylic acids is 1. The summed E-state index contributed by atoms with van der Waals surface area (Å²) in [6.45, 7) is 3.45. The first-order valence-electron chi connectivity index (χ1n) is 13.7. The van der Waals surface area contributed by atoms with Crippen molar-refractivity contribution in [2.75, 3.05) is 25.1 Å². The standard InChI is InChI=1S/C28H40N6O6S/c1-16(2)24(33-25(36)19(29)10-12-41-3)27(38)32-21(13-17-14-30-20-8-5-4-7-18(17)20)26(37)31-15-23(35)34-11-6-9-22(34)28(39)40/h4-5,7-8,14,16,19,21-22,24,30H,6,9-13,15,29H2,1-3H3,(H,31,37)(H,32,38)(H,33,36)(H,39,40)/t19-,21-,22-,24-/m0/s1. The Kier molecular flexibility index (Phi) is 11.6. The number of amides is 4. The summed E-state index contributed by atoms with van der Waals surface area (Å²) in [7, 11) is 0. The molecule has 1 aromatic heterocycles. The van der Waals surface area contributed by atoms with E-state index in [1.807, 2.05) is 30.5 Å². The summed E-state index contributed by atoms with van der Waals surface area (Å²) in [4.78, 5) is 68.1. The molecule has 0 aliphatic carbocycles. The van der Waals surface area contributed by atoms with E-state index in [1.165, 1.54) is 4.90 Å². The molecule has 224 valence electrons. The fraction of sp³-hybridized carbons (Fsp3) is 0.536. The molecule has 4 atom stereocenters. The van der Waals surface area contributed by atoms with Crippen molar-refractivity contribution in [3.05, 3.63) is 36.0 Å². The van der Waals surface area contributed by atoms with Gasteiger partial charge in [-0.15, -0.1) is 0 Å². The SMILES string of the molecule is CSCC[C@H](N)C(=O)N[C@H](C(=O)N[C@@H](Cc1c[nH]c2ccccc12)C(=O)NCC(=O)N1CCC[C@H]1C(=O)O)C(C)C. The lowest BCUT2D eigenvalue weighted by atomic mass is 10.00. The fourth-order valence-electron chi connectivity index (χ4n) is 4.87. The van der Waals surface area contributed by atoms with Gasteiger partial charge in [-0.05, 0) is 48.8 Å². The van der Waals surface area contributed by atoms with Crippen molar-refractivity contribution in [1.82, 2.24) is 25.8 Å². The van der Waals surface area contributed by atoms with Crippen LogP contribution in [0.4, 0.5) is 0 Å². The lowest BCUT2D eigenvalue weighted by Crippen LogP contribution is -2.58. The molecule has 2 aromatic rings. The predicted molar refractivity (Wildman–Crippen MR) is 157 cm³/mol. The zero-order valence-corrected chi connectivity index (χ0v) is 24.5. The molecule has 7 N–H and O–H groups in total. The van der Waals surface area contributed by atoms with Gasteiger partial charge in [0, 0.05) is 30.1 Å². The molecule has 1 aromatic carbocycles. The van der Waals surface area contributed by atoms with E-state index < -0.39 is 60.3 Å². The number of carbonyl (C=O) groups is 5. The van der Waals surface area contributed by atoms with Gasteiger partial charge < -0.3 is 36.7 Å². The Morgan fingerprint density at radius 3 is 2.54 bits per heavy atom. The molecule has 0 radical (unpaired) electrons. The quantitative estimate of drug-likeness (QED) is 0.185. The number of carbonyl (C=O) groups excluding carboxylic acids is 4. The third kappa shape index (κ3) is 8.46. The number of hydrogen-bond donors (Lipinski definition) is 6. The Morgan fingerprint density at radius 1 is 1.12 bits per heavy atom. The van der Waals surface area contributed by atoms with E-state index >= 15 is 0 Å². The highest BCUT2D eigenvalue weighted by molar-refractivity contribution is 7.98. The summed E-state index contributed by atoms with van der Waals surface area (Å²) >= 11 is 1.57. The normalized spacial score (nSPS) is 17.2. The number of rotatable bonds is 14. The van der Waals surface area contributed by atoms with Crippen molar-refractivity contribution in [3.63, 3.8) is 0 Å². The number of fused-ring (bicyclic) bond motifs is 1. The van der Waals surface area contributed by atoms with Crippen LogP contribution in [0.1, 0.15) is 38.7 Å².